The number of aliphatic hydroxyl groups is 1. The smallest absolute Gasteiger partial charge is 0.246 e. The van der Waals surface area contributed by atoms with Crippen molar-refractivity contribution in [2.75, 3.05) is 20.2 Å². The van der Waals surface area contributed by atoms with Gasteiger partial charge in [0.2, 0.25) is 5.91 Å². The number of carbonyl (C=O) groups is 1. The molecule has 0 bridgehead atoms. The number of rotatable bonds is 6. The molecule has 2 aliphatic rings. The van der Waals surface area contributed by atoms with E-state index in [2.05, 4.69) is 0 Å². The minimum absolute atomic E-state index is 0.0321. The van der Waals surface area contributed by atoms with Gasteiger partial charge in [-0.15, -0.1) is 0 Å². The first-order chi connectivity index (χ1) is 15.9. The van der Waals surface area contributed by atoms with Gasteiger partial charge in [-0.05, 0) is 55.2 Å². The van der Waals surface area contributed by atoms with Crippen LogP contribution in [0, 0.1) is 5.92 Å². The lowest BCUT2D eigenvalue weighted by molar-refractivity contribution is -0.138. The molecule has 1 heterocycles. The molecular formula is C26H29Cl2NO4. The Labute approximate surface area is 204 Å². The van der Waals surface area contributed by atoms with Crippen LogP contribution in [0.2, 0.25) is 10.0 Å². The molecule has 2 aromatic rings. The van der Waals surface area contributed by atoms with Gasteiger partial charge in [0.25, 0.3) is 0 Å². The number of hydrogen-bond acceptors (Lipinski definition) is 4. The van der Waals surface area contributed by atoms with Gasteiger partial charge in [-0.25, -0.2) is 0 Å². The van der Waals surface area contributed by atoms with Crippen molar-refractivity contribution >= 4 is 35.2 Å². The fraction of sp³-hybridized carbons (Fsp3) is 0.423. The number of amides is 1. The molecular weight excluding hydrogens is 461 g/mol. The lowest BCUT2D eigenvalue weighted by atomic mass is 9.71. The van der Waals surface area contributed by atoms with Crippen molar-refractivity contribution in [2.24, 2.45) is 5.92 Å². The van der Waals surface area contributed by atoms with Crippen LogP contribution in [0.25, 0.3) is 6.08 Å². The van der Waals surface area contributed by atoms with Crippen LogP contribution in [-0.2, 0) is 11.4 Å². The van der Waals surface area contributed by atoms with Crippen molar-refractivity contribution in [1.82, 2.24) is 4.90 Å². The molecule has 1 amide bonds. The Morgan fingerprint density at radius 2 is 1.97 bits per heavy atom. The highest BCUT2D eigenvalue weighted by atomic mass is 35.5. The van der Waals surface area contributed by atoms with Crippen molar-refractivity contribution in [1.29, 1.82) is 0 Å². The van der Waals surface area contributed by atoms with E-state index in [0.29, 0.717) is 46.6 Å². The van der Waals surface area contributed by atoms with Gasteiger partial charge in [0.05, 0.1) is 12.7 Å². The number of nitrogens with zero attached hydrogens (tertiary/aromatic N) is 1. The van der Waals surface area contributed by atoms with Crippen LogP contribution in [0.5, 0.6) is 11.5 Å². The van der Waals surface area contributed by atoms with E-state index in [-0.39, 0.29) is 18.4 Å². The maximum atomic E-state index is 12.8. The number of likely N-dealkylation sites (tertiary alicyclic amines) is 1. The van der Waals surface area contributed by atoms with Gasteiger partial charge in [-0.2, -0.15) is 0 Å². The second-order valence-corrected chi connectivity index (χ2v) is 9.63. The average Bonchev–Trinajstić information content (AvgIpc) is 2.82. The molecule has 33 heavy (non-hydrogen) atoms. The van der Waals surface area contributed by atoms with Crippen molar-refractivity contribution in [3.63, 3.8) is 0 Å². The summed E-state index contributed by atoms with van der Waals surface area (Å²) in [6.45, 7) is 1.43. The van der Waals surface area contributed by atoms with Gasteiger partial charge in [0.15, 0.2) is 11.5 Å². The first-order valence-corrected chi connectivity index (χ1v) is 12.1. The third-order valence-electron chi connectivity index (χ3n) is 6.78. The maximum absolute atomic E-state index is 12.8. The summed E-state index contributed by atoms with van der Waals surface area (Å²) in [7, 11) is 1.57. The number of fused-ring (bicyclic) bond motifs is 1. The van der Waals surface area contributed by atoms with Crippen LogP contribution in [0.15, 0.2) is 42.5 Å². The quantitative estimate of drug-likeness (QED) is 0.524. The topological polar surface area (TPSA) is 59.0 Å². The van der Waals surface area contributed by atoms with Crippen LogP contribution in [0.3, 0.4) is 0 Å². The summed E-state index contributed by atoms with van der Waals surface area (Å²) in [6, 6.07) is 10.8. The lowest BCUT2D eigenvalue weighted by Gasteiger charge is -2.47. The zero-order chi connectivity index (χ0) is 23.4. The second kappa shape index (κ2) is 10.4. The van der Waals surface area contributed by atoms with Gasteiger partial charge in [0.1, 0.15) is 6.61 Å². The van der Waals surface area contributed by atoms with E-state index in [0.717, 1.165) is 31.2 Å². The third kappa shape index (κ3) is 5.48. The highest BCUT2D eigenvalue weighted by Gasteiger charge is 2.43. The minimum atomic E-state index is -0.587. The molecule has 7 heteroatoms. The van der Waals surface area contributed by atoms with Gasteiger partial charge >= 0.3 is 0 Å². The summed E-state index contributed by atoms with van der Waals surface area (Å²) in [4.78, 5) is 14.6. The van der Waals surface area contributed by atoms with Crippen LogP contribution < -0.4 is 9.47 Å². The summed E-state index contributed by atoms with van der Waals surface area (Å²) in [5.74, 6) is 1.26. The van der Waals surface area contributed by atoms with Gasteiger partial charge in [-0.3, -0.25) is 4.79 Å². The van der Waals surface area contributed by atoms with Crippen molar-refractivity contribution < 1.29 is 19.4 Å². The van der Waals surface area contributed by atoms with Crippen LogP contribution in [0.4, 0.5) is 0 Å². The fourth-order valence-electron chi connectivity index (χ4n) is 4.77. The van der Waals surface area contributed by atoms with E-state index in [9.17, 15) is 9.90 Å². The molecule has 4 rings (SSSR count). The van der Waals surface area contributed by atoms with Crippen LogP contribution >= 0.6 is 23.2 Å². The molecule has 1 saturated heterocycles. The summed E-state index contributed by atoms with van der Waals surface area (Å²) in [6.07, 6.45) is 8.07. The molecule has 0 spiro atoms. The number of carbonyl (C=O) groups excluding carboxylic acids is 1. The van der Waals surface area contributed by atoms with Crippen molar-refractivity contribution in [3.8, 4) is 11.5 Å². The molecule has 2 fully saturated rings. The predicted octanol–water partition coefficient (Wildman–Crippen LogP) is 5.75. The molecule has 176 valence electrons. The number of piperidine rings is 1. The highest BCUT2D eigenvalue weighted by Crippen LogP contribution is 2.40. The number of benzene rings is 2. The van der Waals surface area contributed by atoms with E-state index < -0.39 is 5.60 Å². The Kier molecular flexibility index (Phi) is 7.52. The Hall–Kier alpha value is -2.21. The summed E-state index contributed by atoms with van der Waals surface area (Å²) in [5, 5.41) is 11.9. The first kappa shape index (κ1) is 23.9. The van der Waals surface area contributed by atoms with Gasteiger partial charge in [-0.1, -0.05) is 48.2 Å². The summed E-state index contributed by atoms with van der Waals surface area (Å²) >= 11 is 12.4. The molecule has 1 aliphatic carbocycles. The molecule has 1 aliphatic heterocycles. The lowest BCUT2D eigenvalue weighted by Crippen LogP contribution is -2.54. The Morgan fingerprint density at radius 3 is 2.73 bits per heavy atom. The van der Waals surface area contributed by atoms with E-state index in [1.54, 1.807) is 43.5 Å². The molecule has 2 atom stereocenters. The minimum Gasteiger partial charge on any atom is -0.493 e. The SMILES string of the molecule is COc1cc(/C=C/C(=O)N2CC[C@@]3(O)CCCC[C@@H]3C2)ccc1OCc1c(Cl)cccc1Cl. The Balaban J connectivity index is 1.39. The zero-order valence-electron chi connectivity index (χ0n) is 18.7. The Bertz CT molecular complexity index is 1020. The molecule has 5 nitrogen and oxygen atoms in total. The largest absolute Gasteiger partial charge is 0.493 e. The number of halogens is 2. The summed E-state index contributed by atoms with van der Waals surface area (Å²) < 4.78 is 11.4. The normalized spacial score (nSPS) is 22.8. The number of ether oxygens (including phenoxy) is 2. The molecule has 1 saturated carbocycles. The second-order valence-electron chi connectivity index (χ2n) is 8.81. The summed E-state index contributed by atoms with van der Waals surface area (Å²) in [5.41, 5.74) is 0.953. The van der Waals surface area contributed by atoms with E-state index in [1.807, 2.05) is 17.0 Å². The predicted molar refractivity (Wildman–Crippen MR) is 131 cm³/mol. The van der Waals surface area contributed by atoms with Crippen LogP contribution in [-0.4, -0.2) is 41.7 Å². The zero-order valence-corrected chi connectivity index (χ0v) is 20.2. The number of hydrogen-bond donors (Lipinski definition) is 1. The van der Waals surface area contributed by atoms with E-state index in [1.165, 1.54) is 0 Å². The van der Waals surface area contributed by atoms with E-state index >= 15 is 0 Å². The monoisotopic (exact) mass is 489 g/mol. The first-order valence-electron chi connectivity index (χ1n) is 11.3. The number of methoxy groups -OCH3 is 1. The van der Waals surface area contributed by atoms with Crippen molar-refractivity contribution in [3.05, 3.63) is 63.6 Å². The molecule has 0 radical (unpaired) electrons. The van der Waals surface area contributed by atoms with Gasteiger partial charge in [0, 0.05) is 40.7 Å². The molecule has 2 aromatic carbocycles. The molecule has 0 aromatic heterocycles. The molecule has 0 unspecified atom stereocenters. The van der Waals surface area contributed by atoms with Crippen molar-refractivity contribution in [2.45, 2.75) is 44.3 Å². The highest BCUT2D eigenvalue weighted by molar-refractivity contribution is 6.35. The fourth-order valence-corrected chi connectivity index (χ4v) is 5.28. The Morgan fingerprint density at radius 1 is 1.18 bits per heavy atom. The van der Waals surface area contributed by atoms with Crippen LogP contribution in [0.1, 0.15) is 43.2 Å². The van der Waals surface area contributed by atoms with E-state index in [4.69, 9.17) is 32.7 Å². The standard InChI is InChI=1S/C26H29Cl2NO4/c1-32-24-15-18(8-10-23(24)33-17-20-21(27)6-4-7-22(20)28)9-11-25(30)29-14-13-26(31)12-3-2-5-19(26)16-29/h4,6-11,15,19,31H,2-3,5,12-14,16-17H2,1H3/b11-9+/t19-,26+/m1/s1. The maximum Gasteiger partial charge on any atom is 0.246 e. The average molecular weight is 490 g/mol. The van der Waals surface area contributed by atoms with Gasteiger partial charge < -0.3 is 19.5 Å². The third-order valence-corrected chi connectivity index (χ3v) is 7.49. The molecule has 1 N–H and O–H groups in total.